The summed E-state index contributed by atoms with van der Waals surface area (Å²) in [4.78, 5) is 37.0. The molecule has 6 aromatic carbocycles. The maximum Gasteiger partial charge on any atom is 0.262 e. The van der Waals surface area contributed by atoms with Crippen molar-refractivity contribution >= 4 is 64.6 Å². The van der Waals surface area contributed by atoms with Crippen molar-refractivity contribution in [1.29, 1.82) is 0 Å². The number of rotatable bonds is 2. The predicted molar refractivity (Wildman–Crippen MR) is 168 cm³/mol. The third kappa shape index (κ3) is 2.66. The first-order valence-corrected chi connectivity index (χ1v) is 13.8. The number of aromatic nitrogens is 3. The molecule has 0 aliphatic rings. The van der Waals surface area contributed by atoms with Gasteiger partial charge in [-0.25, -0.2) is 0 Å². The van der Waals surface area contributed by atoms with Crippen molar-refractivity contribution < 1.29 is 0 Å². The first-order chi connectivity index (χ1) is 19.8. The van der Waals surface area contributed by atoms with E-state index in [2.05, 4.69) is 46.4 Å². The highest BCUT2D eigenvalue weighted by atomic mass is 16.2. The van der Waals surface area contributed by atoms with Gasteiger partial charge in [0.15, 0.2) is 0 Å². The molecule has 3 heterocycles. The van der Waals surface area contributed by atoms with Gasteiger partial charge in [0.25, 0.3) is 11.1 Å². The van der Waals surface area contributed by atoms with Gasteiger partial charge in [0, 0.05) is 30.3 Å². The average molecular weight is 530 g/mol. The maximum atomic E-state index is 14.3. The minimum Gasteiger partial charge on any atom is -0.269 e. The fourth-order valence-electron chi connectivity index (χ4n) is 7.34. The molecule has 194 valence electrons. The molecule has 3 aromatic heterocycles. The maximum absolute atomic E-state index is 14.3. The van der Waals surface area contributed by atoms with Crippen molar-refractivity contribution in [2.45, 2.75) is 26.3 Å². The highest BCUT2D eigenvalue weighted by Gasteiger charge is 2.31. The fraction of sp³-hybridized carbons (Fsp3) is 0.111. The normalized spacial score (nSPS) is 13.0. The molecule has 5 heteroatoms. The van der Waals surface area contributed by atoms with Crippen LogP contribution in [0.5, 0.6) is 0 Å². The van der Waals surface area contributed by atoms with Gasteiger partial charge in [0.1, 0.15) is 0 Å². The SMILES string of the molecule is CC(C)(C)n1c(=O)c2c3cc(-c4ccncc4)c4ccc5ccc6c(-c7ccncc7)cc(c2c1=O)c1c6c5c4c31. The van der Waals surface area contributed by atoms with E-state index in [-0.39, 0.29) is 11.1 Å². The minimum absolute atomic E-state index is 0.229. The summed E-state index contributed by atoms with van der Waals surface area (Å²) in [6.07, 6.45) is 7.18. The molecule has 0 unspecified atom stereocenters. The highest BCUT2D eigenvalue weighted by Crippen LogP contribution is 2.53. The number of hydrogen-bond acceptors (Lipinski definition) is 4. The predicted octanol–water partition coefficient (Wildman–Crippen LogP) is 7.76. The van der Waals surface area contributed by atoms with E-state index in [0.717, 1.165) is 70.7 Å². The van der Waals surface area contributed by atoms with Crippen molar-refractivity contribution in [2.24, 2.45) is 0 Å². The van der Waals surface area contributed by atoms with Gasteiger partial charge in [-0.15, -0.1) is 0 Å². The van der Waals surface area contributed by atoms with Crippen molar-refractivity contribution in [1.82, 2.24) is 14.5 Å². The molecule has 5 nitrogen and oxygen atoms in total. The van der Waals surface area contributed by atoms with Crippen LogP contribution in [0.1, 0.15) is 20.8 Å². The van der Waals surface area contributed by atoms with Gasteiger partial charge in [-0.05, 0) is 133 Å². The van der Waals surface area contributed by atoms with Gasteiger partial charge in [-0.1, -0.05) is 24.3 Å². The number of fused-ring (bicyclic) bond motifs is 3. The van der Waals surface area contributed by atoms with Gasteiger partial charge in [-0.3, -0.25) is 24.1 Å². The lowest BCUT2D eigenvalue weighted by Crippen LogP contribution is -2.38. The summed E-state index contributed by atoms with van der Waals surface area (Å²) >= 11 is 0. The Morgan fingerprint density at radius 1 is 0.512 bits per heavy atom. The van der Waals surface area contributed by atoms with E-state index >= 15 is 0 Å². The summed E-state index contributed by atoms with van der Waals surface area (Å²) in [5.41, 5.74) is 3.00. The van der Waals surface area contributed by atoms with E-state index in [1.807, 2.05) is 45.0 Å². The van der Waals surface area contributed by atoms with Crippen LogP contribution in [0.15, 0.2) is 95.0 Å². The van der Waals surface area contributed by atoms with Gasteiger partial charge < -0.3 is 0 Å². The lowest BCUT2D eigenvalue weighted by molar-refractivity contribution is 0.380. The molecule has 0 spiro atoms. The van der Waals surface area contributed by atoms with Crippen LogP contribution in [0.25, 0.3) is 86.9 Å². The van der Waals surface area contributed by atoms with Crippen molar-refractivity contribution in [3.8, 4) is 22.3 Å². The zero-order valence-corrected chi connectivity index (χ0v) is 22.7. The van der Waals surface area contributed by atoms with Crippen molar-refractivity contribution in [3.63, 3.8) is 0 Å². The lowest BCUT2D eigenvalue weighted by Gasteiger charge is -2.18. The summed E-state index contributed by atoms with van der Waals surface area (Å²) in [6, 6.07) is 21.0. The zero-order valence-electron chi connectivity index (χ0n) is 22.7. The molecule has 0 saturated heterocycles. The van der Waals surface area contributed by atoms with Crippen molar-refractivity contribution in [2.75, 3.05) is 0 Å². The second-order valence-corrected chi connectivity index (χ2v) is 12.1. The van der Waals surface area contributed by atoms with Crippen LogP contribution in [-0.4, -0.2) is 14.5 Å². The average Bonchev–Trinajstić information content (AvgIpc) is 3.48. The molecule has 0 radical (unpaired) electrons. The Morgan fingerprint density at radius 2 is 0.927 bits per heavy atom. The van der Waals surface area contributed by atoms with Crippen LogP contribution >= 0.6 is 0 Å². The molecule has 0 fully saturated rings. The Bertz CT molecular complexity index is 2410. The van der Waals surface area contributed by atoms with Crippen LogP contribution in [0.2, 0.25) is 0 Å². The molecular formula is C36H23N3O2. The highest BCUT2D eigenvalue weighted by molar-refractivity contribution is 6.49. The molecule has 0 amide bonds. The number of nitrogens with zero attached hydrogens (tertiary/aromatic N) is 3. The molecule has 0 aliphatic heterocycles. The monoisotopic (exact) mass is 529 g/mol. The summed E-state index contributed by atoms with van der Waals surface area (Å²) in [5.74, 6) is 0. The topological polar surface area (TPSA) is 64.8 Å². The molecule has 0 aliphatic carbocycles. The Kier molecular flexibility index (Phi) is 4.04. The third-order valence-electron chi connectivity index (χ3n) is 8.91. The van der Waals surface area contributed by atoms with Gasteiger partial charge >= 0.3 is 0 Å². The molecule has 0 bridgehead atoms. The number of benzene rings is 5. The number of pyridine rings is 2. The Labute approximate surface area is 233 Å². The van der Waals surface area contributed by atoms with E-state index in [9.17, 15) is 9.59 Å². The molecular weight excluding hydrogens is 506 g/mol. The first kappa shape index (κ1) is 22.6. The van der Waals surface area contributed by atoms with E-state index in [1.165, 1.54) is 9.95 Å². The van der Waals surface area contributed by atoms with Crippen LogP contribution in [0, 0.1) is 0 Å². The van der Waals surface area contributed by atoms with Gasteiger partial charge in [0.05, 0.1) is 10.8 Å². The minimum atomic E-state index is -0.663. The van der Waals surface area contributed by atoms with Crippen LogP contribution in [0.3, 0.4) is 0 Å². The zero-order chi connectivity index (χ0) is 27.8. The lowest BCUT2D eigenvalue weighted by atomic mass is 9.89. The summed E-state index contributed by atoms with van der Waals surface area (Å²) in [6.45, 7) is 5.76. The quantitative estimate of drug-likeness (QED) is 0.215. The molecule has 0 N–H and O–H groups in total. The largest absolute Gasteiger partial charge is 0.269 e. The van der Waals surface area contributed by atoms with Crippen LogP contribution in [-0.2, 0) is 5.54 Å². The summed E-state index contributed by atoms with van der Waals surface area (Å²) in [7, 11) is 0. The van der Waals surface area contributed by atoms with Gasteiger partial charge in [0.2, 0.25) is 0 Å². The molecule has 41 heavy (non-hydrogen) atoms. The van der Waals surface area contributed by atoms with E-state index < -0.39 is 5.54 Å². The van der Waals surface area contributed by atoms with E-state index in [4.69, 9.17) is 0 Å². The second kappa shape index (κ2) is 7.32. The molecule has 9 aromatic rings. The smallest absolute Gasteiger partial charge is 0.262 e. The fourth-order valence-corrected chi connectivity index (χ4v) is 7.34. The van der Waals surface area contributed by atoms with Gasteiger partial charge in [-0.2, -0.15) is 0 Å². The second-order valence-electron chi connectivity index (χ2n) is 12.1. The van der Waals surface area contributed by atoms with E-state index in [0.29, 0.717) is 10.8 Å². The van der Waals surface area contributed by atoms with Crippen LogP contribution < -0.4 is 11.1 Å². The third-order valence-corrected chi connectivity index (χ3v) is 8.91. The van der Waals surface area contributed by atoms with E-state index in [1.54, 1.807) is 24.8 Å². The number of hydrogen-bond donors (Lipinski definition) is 0. The van der Waals surface area contributed by atoms with Crippen LogP contribution in [0.4, 0.5) is 0 Å². The summed E-state index contributed by atoms with van der Waals surface area (Å²) < 4.78 is 1.44. The molecule has 9 rings (SSSR count). The Balaban J connectivity index is 1.67. The molecule has 0 saturated carbocycles. The first-order valence-electron chi connectivity index (χ1n) is 13.8. The molecule has 0 atom stereocenters. The van der Waals surface area contributed by atoms with Crippen molar-refractivity contribution in [3.05, 3.63) is 106 Å². The summed E-state index contributed by atoms with van der Waals surface area (Å²) in [5, 5.41) is 11.8. The standard InChI is InChI=1S/C36H23N3O2/c1-36(2,3)39-34(40)32-25-16-23(18-8-12-37-13-9-18)21-6-4-20-5-7-22-24(19-10-14-38-15-11-19)17-26(33(32)35(39)41)31-29(22)27(20)28(21)30(25)31/h4-17H,1-3H3. The Hall–Kier alpha value is -5.16. The Morgan fingerprint density at radius 3 is 1.34 bits per heavy atom.